The predicted molar refractivity (Wildman–Crippen MR) is 109 cm³/mol. The zero-order valence-electron chi connectivity index (χ0n) is 16.1. The molecule has 2 aliphatic rings. The van der Waals surface area contributed by atoms with Crippen LogP contribution in [0.3, 0.4) is 0 Å². The molecule has 1 unspecified atom stereocenters. The third-order valence-corrected chi connectivity index (χ3v) is 5.16. The number of fused-ring (bicyclic) bond motifs is 1. The van der Waals surface area contributed by atoms with Crippen molar-refractivity contribution in [3.8, 4) is 11.5 Å². The molecule has 0 bridgehead atoms. The van der Waals surface area contributed by atoms with Crippen LogP contribution >= 0.6 is 0 Å². The van der Waals surface area contributed by atoms with Crippen LogP contribution in [-0.4, -0.2) is 45.4 Å². The van der Waals surface area contributed by atoms with Crippen molar-refractivity contribution in [1.29, 1.82) is 0 Å². The summed E-state index contributed by atoms with van der Waals surface area (Å²) in [7, 11) is 0. The molecule has 1 N–H and O–H groups in total. The molecule has 148 valence electrons. The van der Waals surface area contributed by atoms with E-state index in [0.717, 1.165) is 41.5 Å². The number of nitrogens with one attached hydrogen (secondary N) is 1. The second kappa shape index (κ2) is 8.52. The van der Waals surface area contributed by atoms with Crippen LogP contribution in [0.5, 0.6) is 11.5 Å². The zero-order chi connectivity index (χ0) is 19.3. The molecule has 0 aliphatic carbocycles. The SMILES string of the molecule is CC(CC(=O)Nc1ccccc1N1CCOCC1)c1ccc2c(c1)OCCO2. The first-order valence-corrected chi connectivity index (χ1v) is 9.82. The van der Waals surface area contributed by atoms with Crippen molar-refractivity contribution in [3.05, 3.63) is 48.0 Å². The highest BCUT2D eigenvalue weighted by atomic mass is 16.6. The fraction of sp³-hybridized carbons (Fsp3) is 0.409. The van der Waals surface area contributed by atoms with E-state index in [0.29, 0.717) is 32.8 Å². The van der Waals surface area contributed by atoms with Crippen molar-refractivity contribution < 1.29 is 19.0 Å². The largest absolute Gasteiger partial charge is 0.486 e. The molecule has 6 heteroatoms. The Kier molecular flexibility index (Phi) is 5.67. The van der Waals surface area contributed by atoms with Gasteiger partial charge in [0.1, 0.15) is 13.2 Å². The minimum Gasteiger partial charge on any atom is -0.486 e. The smallest absolute Gasteiger partial charge is 0.225 e. The average Bonchev–Trinajstić information content (AvgIpc) is 2.74. The fourth-order valence-electron chi connectivity index (χ4n) is 3.62. The molecule has 0 radical (unpaired) electrons. The molecular weight excluding hydrogens is 356 g/mol. The molecule has 2 heterocycles. The fourth-order valence-corrected chi connectivity index (χ4v) is 3.62. The second-order valence-electron chi connectivity index (χ2n) is 7.17. The van der Waals surface area contributed by atoms with E-state index < -0.39 is 0 Å². The van der Waals surface area contributed by atoms with Crippen molar-refractivity contribution >= 4 is 17.3 Å². The van der Waals surface area contributed by atoms with E-state index in [9.17, 15) is 4.79 Å². The predicted octanol–water partition coefficient (Wildman–Crippen LogP) is 3.43. The zero-order valence-corrected chi connectivity index (χ0v) is 16.1. The summed E-state index contributed by atoms with van der Waals surface area (Å²) in [6, 6.07) is 13.9. The standard InChI is InChI=1S/C22H26N2O4/c1-16(17-6-7-20-21(15-17)28-13-12-27-20)14-22(25)23-18-4-2-3-5-19(18)24-8-10-26-11-9-24/h2-7,15-16H,8-14H2,1H3,(H,23,25). The first-order valence-electron chi connectivity index (χ1n) is 9.82. The van der Waals surface area contributed by atoms with Crippen molar-refractivity contribution in [2.24, 2.45) is 0 Å². The highest BCUT2D eigenvalue weighted by Crippen LogP contribution is 2.34. The maximum atomic E-state index is 12.7. The van der Waals surface area contributed by atoms with Crippen molar-refractivity contribution in [2.75, 3.05) is 49.7 Å². The average molecular weight is 382 g/mol. The lowest BCUT2D eigenvalue weighted by molar-refractivity contribution is -0.116. The highest BCUT2D eigenvalue weighted by molar-refractivity contribution is 5.94. The summed E-state index contributed by atoms with van der Waals surface area (Å²) in [6.07, 6.45) is 0.400. The van der Waals surface area contributed by atoms with Crippen LogP contribution in [-0.2, 0) is 9.53 Å². The Bertz CT molecular complexity index is 833. The highest BCUT2D eigenvalue weighted by Gasteiger charge is 2.19. The van der Waals surface area contributed by atoms with Crippen molar-refractivity contribution in [3.63, 3.8) is 0 Å². The Labute approximate surface area is 165 Å². The summed E-state index contributed by atoms with van der Waals surface area (Å²) in [5.41, 5.74) is 2.97. The van der Waals surface area contributed by atoms with Crippen LogP contribution in [0, 0.1) is 0 Å². The van der Waals surface area contributed by atoms with E-state index in [1.54, 1.807) is 0 Å². The molecular formula is C22H26N2O4. The minimum atomic E-state index is 0.00287. The van der Waals surface area contributed by atoms with Gasteiger partial charge in [0.05, 0.1) is 24.6 Å². The number of carbonyl (C=O) groups is 1. The number of hydrogen-bond acceptors (Lipinski definition) is 5. The second-order valence-corrected chi connectivity index (χ2v) is 7.17. The molecule has 4 rings (SSSR count). The van der Waals surface area contributed by atoms with E-state index in [2.05, 4.69) is 17.1 Å². The van der Waals surface area contributed by atoms with Crippen LogP contribution < -0.4 is 19.7 Å². The van der Waals surface area contributed by atoms with Crippen molar-refractivity contribution in [1.82, 2.24) is 0 Å². The van der Waals surface area contributed by atoms with Crippen molar-refractivity contribution in [2.45, 2.75) is 19.3 Å². The number of carbonyl (C=O) groups excluding carboxylic acids is 1. The van der Waals surface area contributed by atoms with Crippen LogP contribution in [0.1, 0.15) is 24.8 Å². The van der Waals surface area contributed by atoms with Crippen LogP contribution in [0.15, 0.2) is 42.5 Å². The number of nitrogens with zero attached hydrogens (tertiary/aromatic N) is 1. The van der Waals surface area contributed by atoms with Gasteiger partial charge in [-0.3, -0.25) is 4.79 Å². The molecule has 0 saturated carbocycles. The molecule has 1 atom stereocenters. The van der Waals surface area contributed by atoms with Gasteiger partial charge in [-0.2, -0.15) is 0 Å². The van der Waals surface area contributed by atoms with Gasteiger partial charge in [0.15, 0.2) is 11.5 Å². The molecule has 28 heavy (non-hydrogen) atoms. The van der Waals surface area contributed by atoms with E-state index in [-0.39, 0.29) is 11.8 Å². The topological polar surface area (TPSA) is 60.0 Å². The van der Waals surface area contributed by atoms with Gasteiger partial charge in [0.25, 0.3) is 0 Å². The molecule has 0 spiro atoms. The maximum absolute atomic E-state index is 12.7. The third-order valence-electron chi connectivity index (χ3n) is 5.16. The number of hydrogen-bond donors (Lipinski definition) is 1. The minimum absolute atomic E-state index is 0.00287. The van der Waals surface area contributed by atoms with E-state index in [1.165, 1.54) is 0 Å². The lowest BCUT2D eigenvalue weighted by Crippen LogP contribution is -2.36. The van der Waals surface area contributed by atoms with Gasteiger partial charge in [0, 0.05) is 19.5 Å². The Morgan fingerprint density at radius 2 is 1.79 bits per heavy atom. The normalized spacial score (nSPS) is 17.1. The molecule has 1 saturated heterocycles. The Morgan fingerprint density at radius 3 is 2.61 bits per heavy atom. The lowest BCUT2D eigenvalue weighted by atomic mass is 9.97. The van der Waals surface area contributed by atoms with E-state index >= 15 is 0 Å². The van der Waals surface area contributed by atoms with Gasteiger partial charge in [-0.05, 0) is 35.7 Å². The van der Waals surface area contributed by atoms with Crippen LogP contribution in [0.4, 0.5) is 11.4 Å². The molecule has 1 fully saturated rings. The molecule has 2 aromatic carbocycles. The molecule has 1 amide bonds. The summed E-state index contributed by atoms with van der Waals surface area (Å²) in [5, 5.41) is 3.09. The monoisotopic (exact) mass is 382 g/mol. The number of para-hydroxylation sites is 2. The van der Waals surface area contributed by atoms with Gasteiger partial charge < -0.3 is 24.4 Å². The summed E-state index contributed by atoms with van der Waals surface area (Å²) in [6.45, 7) is 6.28. The van der Waals surface area contributed by atoms with Gasteiger partial charge in [0.2, 0.25) is 5.91 Å². The van der Waals surface area contributed by atoms with Gasteiger partial charge >= 0.3 is 0 Å². The molecule has 6 nitrogen and oxygen atoms in total. The number of amides is 1. The lowest BCUT2D eigenvalue weighted by Gasteiger charge is -2.30. The number of anilines is 2. The van der Waals surface area contributed by atoms with Gasteiger partial charge in [-0.1, -0.05) is 25.1 Å². The number of ether oxygens (including phenoxy) is 3. The summed E-state index contributed by atoms with van der Waals surface area (Å²) >= 11 is 0. The first kappa shape index (κ1) is 18.6. The molecule has 0 aromatic heterocycles. The summed E-state index contributed by atoms with van der Waals surface area (Å²) in [4.78, 5) is 15.0. The first-order chi connectivity index (χ1) is 13.7. The summed E-state index contributed by atoms with van der Waals surface area (Å²) in [5.74, 6) is 1.61. The summed E-state index contributed by atoms with van der Waals surface area (Å²) < 4.78 is 16.7. The molecule has 2 aromatic rings. The van der Waals surface area contributed by atoms with E-state index in [4.69, 9.17) is 14.2 Å². The third kappa shape index (κ3) is 4.22. The number of benzene rings is 2. The van der Waals surface area contributed by atoms with Gasteiger partial charge in [-0.15, -0.1) is 0 Å². The van der Waals surface area contributed by atoms with Crippen LogP contribution in [0.2, 0.25) is 0 Å². The quantitative estimate of drug-likeness (QED) is 0.859. The molecule has 2 aliphatic heterocycles. The van der Waals surface area contributed by atoms with Gasteiger partial charge in [-0.25, -0.2) is 0 Å². The van der Waals surface area contributed by atoms with E-state index in [1.807, 2.05) is 42.5 Å². The Balaban J connectivity index is 1.42. The number of morpholine rings is 1. The Hall–Kier alpha value is -2.73. The number of rotatable bonds is 5. The van der Waals surface area contributed by atoms with Crippen LogP contribution in [0.25, 0.3) is 0 Å². The maximum Gasteiger partial charge on any atom is 0.225 e. The Morgan fingerprint density at radius 1 is 1.04 bits per heavy atom.